The van der Waals surface area contributed by atoms with E-state index in [1.165, 1.54) is 0 Å². The van der Waals surface area contributed by atoms with E-state index < -0.39 is 24.0 Å². The van der Waals surface area contributed by atoms with Gasteiger partial charge in [-0.2, -0.15) is 0 Å². The van der Waals surface area contributed by atoms with E-state index in [1.54, 1.807) is 12.1 Å². The Labute approximate surface area is 147 Å². The maximum absolute atomic E-state index is 12.0. The monoisotopic (exact) mass is 350 g/mol. The molecule has 1 aromatic rings. The van der Waals surface area contributed by atoms with Crippen molar-refractivity contribution in [2.45, 2.75) is 45.1 Å². The lowest BCUT2D eigenvalue weighted by Gasteiger charge is -2.19. The highest BCUT2D eigenvalue weighted by atomic mass is 16.4. The minimum absolute atomic E-state index is 0.00422. The molecule has 0 aliphatic carbocycles. The molecule has 0 radical (unpaired) electrons. The van der Waals surface area contributed by atoms with Crippen LogP contribution >= 0.6 is 0 Å². The number of carboxylic acid groups (broad SMARTS) is 1. The van der Waals surface area contributed by atoms with Crippen molar-refractivity contribution in [3.8, 4) is 0 Å². The molecule has 0 aromatic heterocycles. The third-order valence-electron chi connectivity index (χ3n) is 3.74. The number of hydrogen-bond donors (Lipinski definition) is 4. The zero-order valence-electron chi connectivity index (χ0n) is 15.0. The number of carbonyl (C=O) groups is 3. The Morgan fingerprint density at radius 1 is 1.00 bits per heavy atom. The predicted molar refractivity (Wildman–Crippen MR) is 93.4 cm³/mol. The van der Waals surface area contributed by atoms with Gasteiger partial charge in [0.1, 0.15) is 0 Å². The van der Waals surface area contributed by atoms with Crippen molar-refractivity contribution in [1.82, 2.24) is 10.6 Å². The standard InChI is InChI=1S/C18H26N2O5/c1-17(2,3)13-7-5-12(6-8-13)15(22)19-10-9-14(21)20-11-18(4,25)16(23)24/h5-8,25H,9-11H2,1-4H3,(H,19,22)(H,20,21)(H,23,24). The van der Waals surface area contributed by atoms with Crippen LogP contribution in [-0.4, -0.2) is 46.7 Å². The van der Waals surface area contributed by atoms with E-state index in [1.807, 2.05) is 12.1 Å². The summed E-state index contributed by atoms with van der Waals surface area (Å²) in [5.74, 6) is -2.16. The molecule has 25 heavy (non-hydrogen) atoms. The summed E-state index contributed by atoms with van der Waals surface area (Å²) >= 11 is 0. The Kier molecular flexibility index (Phi) is 6.70. The number of benzene rings is 1. The van der Waals surface area contributed by atoms with Crippen LogP contribution in [0.5, 0.6) is 0 Å². The first kappa shape index (κ1) is 20.6. The summed E-state index contributed by atoms with van der Waals surface area (Å²) in [6.07, 6.45) is -0.0124. The maximum Gasteiger partial charge on any atom is 0.337 e. The molecule has 2 amide bonds. The molecule has 1 unspecified atom stereocenters. The van der Waals surface area contributed by atoms with Crippen LogP contribution in [0.4, 0.5) is 0 Å². The van der Waals surface area contributed by atoms with Gasteiger partial charge in [-0.05, 0) is 30.0 Å². The Morgan fingerprint density at radius 2 is 1.56 bits per heavy atom. The molecule has 4 N–H and O–H groups in total. The Bertz CT molecular complexity index is 630. The number of rotatable bonds is 7. The summed E-state index contributed by atoms with van der Waals surface area (Å²) in [6, 6.07) is 7.27. The molecule has 7 heteroatoms. The van der Waals surface area contributed by atoms with E-state index in [2.05, 4.69) is 31.4 Å². The second-order valence-corrected chi connectivity index (χ2v) is 7.19. The van der Waals surface area contributed by atoms with Gasteiger partial charge in [0.2, 0.25) is 5.91 Å². The van der Waals surface area contributed by atoms with Gasteiger partial charge < -0.3 is 20.8 Å². The summed E-state index contributed by atoms with van der Waals surface area (Å²) in [5, 5.41) is 23.2. The third kappa shape index (κ3) is 6.54. The Morgan fingerprint density at radius 3 is 2.04 bits per heavy atom. The average Bonchev–Trinajstić information content (AvgIpc) is 2.52. The average molecular weight is 350 g/mol. The van der Waals surface area contributed by atoms with Gasteiger partial charge in [-0.25, -0.2) is 4.79 Å². The van der Waals surface area contributed by atoms with Gasteiger partial charge in [0.15, 0.2) is 5.60 Å². The lowest BCUT2D eigenvalue weighted by molar-refractivity contribution is -0.156. The molecule has 138 valence electrons. The van der Waals surface area contributed by atoms with Gasteiger partial charge in [0.05, 0.1) is 6.54 Å². The van der Waals surface area contributed by atoms with Crippen LogP contribution in [0, 0.1) is 0 Å². The molecule has 0 heterocycles. The molecule has 0 spiro atoms. The minimum Gasteiger partial charge on any atom is -0.479 e. The summed E-state index contributed by atoms with van der Waals surface area (Å²) in [6.45, 7) is 7.07. The molecule has 0 aliphatic heterocycles. The van der Waals surface area contributed by atoms with Crippen molar-refractivity contribution in [1.29, 1.82) is 0 Å². The molecule has 0 fully saturated rings. The fraction of sp³-hybridized carbons (Fsp3) is 0.500. The van der Waals surface area contributed by atoms with Gasteiger partial charge in [0, 0.05) is 18.5 Å². The number of carboxylic acids is 1. The molecular formula is C18H26N2O5. The first-order valence-electron chi connectivity index (χ1n) is 8.05. The van der Waals surface area contributed by atoms with Crippen LogP contribution in [-0.2, 0) is 15.0 Å². The summed E-state index contributed by atoms with van der Waals surface area (Å²) in [5.41, 5.74) is -0.394. The smallest absolute Gasteiger partial charge is 0.337 e. The molecule has 1 atom stereocenters. The van der Waals surface area contributed by atoms with Crippen LogP contribution in [0.15, 0.2) is 24.3 Å². The zero-order chi connectivity index (χ0) is 19.3. The number of aliphatic hydroxyl groups is 1. The van der Waals surface area contributed by atoms with Crippen molar-refractivity contribution in [2.24, 2.45) is 0 Å². The van der Waals surface area contributed by atoms with Crippen molar-refractivity contribution in [3.05, 3.63) is 35.4 Å². The summed E-state index contributed by atoms with van der Waals surface area (Å²) in [7, 11) is 0. The fourth-order valence-corrected chi connectivity index (χ4v) is 1.95. The number of carbonyl (C=O) groups excluding carboxylic acids is 2. The highest BCUT2D eigenvalue weighted by Crippen LogP contribution is 2.22. The molecule has 0 saturated heterocycles. The van der Waals surface area contributed by atoms with Crippen LogP contribution < -0.4 is 10.6 Å². The molecule has 1 aromatic carbocycles. The first-order valence-corrected chi connectivity index (χ1v) is 8.05. The number of aliphatic carboxylic acids is 1. The van der Waals surface area contributed by atoms with Gasteiger partial charge in [-0.3, -0.25) is 9.59 Å². The van der Waals surface area contributed by atoms with E-state index in [0.29, 0.717) is 5.56 Å². The topological polar surface area (TPSA) is 116 Å². The summed E-state index contributed by atoms with van der Waals surface area (Å²) in [4.78, 5) is 34.4. The largest absolute Gasteiger partial charge is 0.479 e. The predicted octanol–water partition coefficient (Wildman–Crippen LogP) is 1.06. The quantitative estimate of drug-likeness (QED) is 0.587. The van der Waals surface area contributed by atoms with Crippen molar-refractivity contribution in [2.75, 3.05) is 13.1 Å². The van der Waals surface area contributed by atoms with E-state index in [-0.39, 0.29) is 24.3 Å². The molecule has 0 saturated carbocycles. The molecular weight excluding hydrogens is 324 g/mol. The first-order chi connectivity index (χ1) is 11.4. The van der Waals surface area contributed by atoms with Gasteiger partial charge in [-0.1, -0.05) is 32.9 Å². The van der Waals surface area contributed by atoms with Crippen LogP contribution in [0.25, 0.3) is 0 Å². The summed E-state index contributed by atoms with van der Waals surface area (Å²) < 4.78 is 0. The number of nitrogens with one attached hydrogen (secondary N) is 2. The number of amides is 2. The van der Waals surface area contributed by atoms with E-state index >= 15 is 0 Å². The van der Waals surface area contributed by atoms with E-state index in [9.17, 15) is 19.5 Å². The van der Waals surface area contributed by atoms with E-state index in [4.69, 9.17) is 5.11 Å². The van der Waals surface area contributed by atoms with E-state index in [0.717, 1.165) is 12.5 Å². The Balaban J connectivity index is 2.42. The van der Waals surface area contributed by atoms with Crippen molar-refractivity contribution < 1.29 is 24.6 Å². The van der Waals surface area contributed by atoms with Crippen LogP contribution in [0.2, 0.25) is 0 Å². The Hall–Kier alpha value is -2.41. The highest BCUT2D eigenvalue weighted by Gasteiger charge is 2.30. The second kappa shape index (κ2) is 8.11. The van der Waals surface area contributed by atoms with Crippen LogP contribution in [0.1, 0.15) is 50.0 Å². The van der Waals surface area contributed by atoms with Crippen molar-refractivity contribution in [3.63, 3.8) is 0 Å². The molecule has 0 aliphatic rings. The normalized spacial score (nSPS) is 13.6. The molecule has 1 rings (SSSR count). The lowest BCUT2D eigenvalue weighted by atomic mass is 9.87. The third-order valence-corrected chi connectivity index (χ3v) is 3.74. The van der Waals surface area contributed by atoms with Gasteiger partial charge in [-0.15, -0.1) is 0 Å². The number of hydrogen-bond acceptors (Lipinski definition) is 4. The maximum atomic E-state index is 12.0. The van der Waals surface area contributed by atoms with Crippen molar-refractivity contribution >= 4 is 17.8 Å². The van der Waals surface area contributed by atoms with Gasteiger partial charge in [0.25, 0.3) is 5.91 Å². The molecule has 7 nitrogen and oxygen atoms in total. The SMILES string of the molecule is CC(O)(CNC(=O)CCNC(=O)c1ccc(C(C)(C)C)cc1)C(=O)O. The fourth-order valence-electron chi connectivity index (χ4n) is 1.95. The van der Waals surface area contributed by atoms with Crippen LogP contribution in [0.3, 0.4) is 0 Å². The molecule has 0 bridgehead atoms. The highest BCUT2D eigenvalue weighted by molar-refractivity contribution is 5.94. The second-order valence-electron chi connectivity index (χ2n) is 7.19. The van der Waals surface area contributed by atoms with Gasteiger partial charge >= 0.3 is 5.97 Å². The minimum atomic E-state index is -2.02. The zero-order valence-corrected chi connectivity index (χ0v) is 15.0. The lowest BCUT2D eigenvalue weighted by Crippen LogP contribution is -2.47.